The lowest BCUT2D eigenvalue weighted by Crippen LogP contribution is -2.35. The van der Waals surface area contributed by atoms with E-state index in [4.69, 9.17) is 4.74 Å². The fourth-order valence-electron chi connectivity index (χ4n) is 2.49. The Balaban J connectivity index is 1.79. The Morgan fingerprint density at radius 1 is 0.963 bits per heavy atom. The van der Waals surface area contributed by atoms with E-state index >= 15 is 0 Å². The first kappa shape index (κ1) is 20.0. The van der Waals surface area contributed by atoms with Crippen LogP contribution in [0.25, 0.3) is 0 Å². The monoisotopic (exact) mass is 370 g/mol. The molecule has 0 bridgehead atoms. The molecule has 1 aromatic heterocycles. The molecule has 2 amide bonds. The quantitative estimate of drug-likeness (QED) is 0.748. The Hall–Kier alpha value is -3.29. The zero-order chi connectivity index (χ0) is 20.0. The van der Waals surface area contributed by atoms with E-state index < -0.39 is 18.5 Å². The van der Waals surface area contributed by atoms with Crippen molar-refractivity contribution in [3.8, 4) is 0 Å². The average molecular weight is 370 g/mol. The highest BCUT2D eigenvalue weighted by atomic mass is 16.5. The summed E-state index contributed by atoms with van der Waals surface area (Å²) in [5.74, 6) is -1.71. The van der Waals surface area contributed by atoms with Crippen molar-refractivity contribution in [3.05, 3.63) is 52.6 Å². The normalized spacial score (nSPS) is 10.2. The summed E-state index contributed by atoms with van der Waals surface area (Å²) in [5.41, 5.74) is 4.40. The second-order valence-corrected chi connectivity index (χ2v) is 6.22. The van der Waals surface area contributed by atoms with Gasteiger partial charge in [0.05, 0.1) is 18.4 Å². The van der Waals surface area contributed by atoms with Crippen LogP contribution in [0.3, 0.4) is 0 Å². The van der Waals surface area contributed by atoms with Crippen molar-refractivity contribution in [2.75, 3.05) is 18.5 Å². The zero-order valence-corrected chi connectivity index (χ0v) is 15.8. The van der Waals surface area contributed by atoms with Crippen LogP contribution in [0.4, 0.5) is 5.69 Å². The van der Waals surface area contributed by atoms with Crippen molar-refractivity contribution in [1.82, 2.24) is 15.3 Å². The summed E-state index contributed by atoms with van der Waals surface area (Å²) in [6.45, 7) is 6.79. The number of nitrogens with zero attached hydrogens (tertiary/aromatic N) is 2. The molecule has 27 heavy (non-hydrogen) atoms. The highest BCUT2D eigenvalue weighted by Gasteiger charge is 2.13. The minimum atomic E-state index is -0.756. The minimum Gasteiger partial charge on any atom is -0.451 e. The topological polar surface area (TPSA) is 110 Å². The van der Waals surface area contributed by atoms with E-state index in [1.807, 2.05) is 32.9 Å². The molecule has 2 aromatic rings. The molecule has 8 heteroatoms. The van der Waals surface area contributed by atoms with Gasteiger partial charge in [-0.2, -0.15) is 0 Å². The predicted octanol–water partition coefficient (Wildman–Crippen LogP) is 1.62. The summed E-state index contributed by atoms with van der Waals surface area (Å²) in [5, 5.41) is 5.18. The first-order chi connectivity index (χ1) is 12.8. The number of ether oxygens (including phenoxy) is 1. The van der Waals surface area contributed by atoms with Crippen molar-refractivity contribution in [1.29, 1.82) is 0 Å². The average Bonchev–Trinajstić information content (AvgIpc) is 2.61. The van der Waals surface area contributed by atoms with Gasteiger partial charge < -0.3 is 15.4 Å². The minimum absolute atomic E-state index is 0.0106. The van der Waals surface area contributed by atoms with Crippen LogP contribution in [0, 0.1) is 27.7 Å². The largest absolute Gasteiger partial charge is 0.451 e. The number of amides is 2. The van der Waals surface area contributed by atoms with Gasteiger partial charge in [-0.3, -0.25) is 14.6 Å². The van der Waals surface area contributed by atoms with Gasteiger partial charge in [0.25, 0.3) is 5.91 Å². The van der Waals surface area contributed by atoms with Crippen LogP contribution in [-0.2, 0) is 14.3 Å². The molecule has 0 fully saturated rings. The smallest absolute Gasteiger partial charge is 0.359 e. The Labute approximate surface area is 157 Å². The fraction of sp³-hybridized carbons (Fsp3) is 0.316. The predicted molar refractivity (Wildman–Crippen MR) is 99.3 cm³/mol. The molecule has 0 saturated carbocycles. The van der Waals surface area contributed by atoms with E-state index in [0.29, 0.717) is 5.69 Å². The first-order valence-corrected chi connectivity index (χ1v) is 8.36. The summed E-state index contributed by atoms with van der Waals surface area (Å²) in [6, 6.07) is 3.93. The third-order valence-corrected chi connectivity index (χ3v) is 3.71. The molecule has 2 N–H and O–H groups in total. The summed E-state index contributed by atoms with van der Waals surface area (Å²) in [6.07, 6.45) is 2.70. The van der Waals surface area contributed by atoms with Gasteiger partial charge >= 0.3 is 5.97 Å². The summed E-state index contributed by atoms with van der Waals surface area (Å²) in [4.78, 5) is 43.4. The van der Waals surface area contributed by atoms with Gasteiger partial charge in [0.1, 0.15) is 0 Å². The maximum absolute atomic E-state index is 12.0. The molecule has 142 valence electrons. The molecule has 8 nitrogen and oxygen atoms in total. The van der Waals surface area contributed by atoms with E-state index in [9.17, 15) is 14.4 Å². The fourth-order valence-corrected chi connectivity index (χ4v) is 2.49. The number of esters is 1. The van der Waals surface area contributed by atoms with Crippen LogP contribution in [0.2, 0.25) is 0 Å². The second kappa shape index (κ2) is 8.88. The van der Waals surface area contributed by atoms with Crippen molar-refractivity contribution in [3.63, 3.8) is 0 Å². The van der Waals surface area contributed by atoms with Crippen LogP contribution in [0.15, 0.2) is 24.5 Å². The molecule has 0 aliphatic carbocycles. The lowest BCUT2D eigenvalue weighted by Gasteiger charge is -2.13. The van der Waals surface area contributed by atoms with Crippen molar-refractivity contribution >= 4 is 23.5 Å². The van der Waals surface area contributed by atoms with Gasteiger partial charge in [0.2, 0.25) is 5.91 Å². The number of carbonyl (C=O) groups is 3. The lowest BCUT2D eigenvalue weighted by molar-refractivity contribution is -0.126. The third-order valence-electron chi connectivity index (χ3n) is 3.71. The molecule has 2 rings (SSSR count). The SMILES string of the molecule is Cc1cc(C)c(NC(=O)CNC(=O)COC(=O)c2cnc(C)cn2)c(C)c1. The number of hydrogen-bond donors (Lipinski definition) is 2. The second-order valence-electron chi connectivity index (χ2n) is 6.22. The Kier molecular flexibility index (Phi) is 6.59. The van der Waals surface area contributed by atoms with Gasteiger partial charge in [-0.15, -0.1) is 0 Å². The Bertz CT molecular complexity index is 840. The highest BCUT2D eigenvalue weighted by Crippen LogP contribution is 2.21. The number of aromatic nitrogens is 2. The van der Waals surface area contributed by atoms with E-state index in [2.05, 4.69) is 20.6 Å². The number of benzene rings is 1. The van der Waals surface area contributed by atoms with Crippen LogP contribution in [0.5, 0.6) is 0 Å². The van der Waals surface area contributed by atoms with E-state index in [-0.39, 0.29) is 18.1 Å². The van der Waals surface area contributed by atoms with E-state index in [0.717, 1.165) is 22.4 Å². The Morgan fingerprint density at radius 3 is 2.22 bits per heavy atom. The van der Waals surface area contributed by atoms with Crippen LogP contribution in [-0.4, -0.2) is 40.9 Å². The molecule has 0 spiro atoms. The summed E-state index contributed by atoms with van der Waals surface area (Å²) < 4.78 is 4.85. The molecular weight excluding hydrogens is 348 g/mol. The van der Waals surface area contributed by atoms with Gasteiger partial charge in [0, 0.05) is 11.9 Å². The van der Waals surface area contributed by atoms with Gasteiger partial charge in [-0.25, -0.2) is 9.78 Å². The number of aryl methyl sites for hydroxylation is 4. The summed E-state index contributed by atoms with van der Waals surface area (Å²) >= 11 is 0. The number of rotatable bonds is 6. The molecule has 0 aliphatic heterocycles. The molecular formula is C19H22N4O4. The van der Waals surface area contributed by atoms with Gasteiger partial charge in [-0.05, 0) is 38.8 Å². The molecule has 0 saturated heterocycles. The standard InChI is InChI=1S/C19H22N4O4/c1-11-5-12(2)18(13(3)6-11)23-16(24)9-22-17(25)10-27-19(26)15-8-20-14(4)7-21-15/h5-8H,9-10H2,1-4H3,(H,22,25)(H,23,24). The molecule has 1 aromatic carbocycles. The van der Waals surface area contributed by atoms with Crippen LogP contribution >= 0.6 is 0 Å². The van der Waals surface area contributed by atoms with E-state index in [1.165, 1.54) is 12.4 Å². The first-order valence-electron chi connectivity index (χ1n) is 8.36. The van der Waals surface area contributed by atoms with Crippen LogP contribution < -0.4 is 10.6 Å². The number of anilines is 1. The molecule has 0 atom stereocenters. The van der Waals surface area contributed by atoms with Crippen molar-refractivity contribution in [2.45, 2.75) is 27.7 Å². The van der Waals surface area contributed by atoms with Crippen molar-refractivity contribution < 1.29 is 19.1 Å². The van der Waals surface area contributed by atoms with Gasteiger partial charge in [-0.1, -0.05) is 17.7 Å². The summed E-state index contributed by atoms with van der Waals surface area (Å²) in [7, 11) is 0. The molecule has 0 aliphatic rings. The number of hydrogen-bond acceptors (Lipinski definition) is 6. The number of carbonyl (C=O) groups excluding carboxylic acids is 3. The molecule has 1 heterocycles. The Morgan fingerprint density at radius 2 is 1.63 bits per heavy atom. The van der Waals surface area contributed by atoms with Crippen molar-refractivity contribution in [2.24, 2.45) is 0 Å². The highest BCUT2D eigenvalue weighted by molar-refractivity contribution is 5.96. The maximum atomic E-state index is 12.0. The lowest BCUT2D eigenvalue weighted by atomic mass is 10.1. The number of nitrogens with one attached hydrogen (secondary N) is 2. The molecule has 0 radical (unpaired) electrons. The zero-order valence-electron chi connectivity index (χ0n) is 15.8. The maximum Gasteiger partial charge on any atom is 0.359 e. The third kappa shape index (κ3) is 5.88. The van der Waals surface area contributed by atoms with Gasteiger partial charge in [0.15, 0.2) is 12.3 Å². The molecule has 0 unspecified atom stereocenters. The van der Waals surface area contributed by atoms with Crippen LogP contribution in [0.1, 0.15) is 32.9 Å². The van der Waals surface area contributed by atoms with E-state index in [1.54, 1.807) is 6.92 Å².